The van der Waals surface area contributed by atoms with Gasteiger partial charge in [0.05, 0.1) is 19.1 Å². The van der Waals surface area contributed by atoms with Gasteiger partial charge in [0, 0.05) is 13.0 Å². The molecule has 2 aliphatic rings. The van der Waals surface area contributed by atoms with Crippen molar-refractivity contribution in [3.05, 3.63) is 11.6 Å². The van der Waals surface area contributed by atoms with E-state index in [0.717, 1.165) is 5.57 Å². The summed E-state index contributed by atoms with van der Waals surface area (Å²) in [5, 5.41) is 18.4. The molecule has 4 atom stereocenters. The lowest BCUT2D eigenvalue weighted by Crippen LogP contribution is -2.46. The van der Waals surface area contributed by atoms with Crippen LogP contribution in [0.4, 0.5) is 0 Å². The highest BCUT2D eigenvalue weighted by molar-refractivity contribution is 5.74. The molecule has 2 N–H and O–H groups in total. The van der Waals surface area contributed by atoms with Crippen molar-refractivity contribution in [2.75, 3.05) is 20.3 Å². The molecule has 1 saturated heterocycles. The van der Waals surface area contributed by atoms with E-state index in [9.17, 15) is 15.0 Å². The first kappa shape index (κ1) is 11.6. The normalized spacial score (nSPS) is 37.9. The van der Waals surface area contributed by atoms with Gasteiger partial charge in [0.1, 0.15) is 0 Å². The van der Waals surface area contributed by atoms with Gasteiger partial charge in [0.25, 0.3) is 0 Å². The van der Waals surface area contributed by atoms with Crippen LogP contribution in [0.25, 0.3) is 0 Å². The maximum atomic E-state index is 11.6. The summed E-state index contributed by atoms with van der Waals surface area (Å²) >= 11 is 0. The van der Waals surface area contributed by atoms with Gasteiger partial charge in [-0.25, -0.2) is 0 Å². The highest BCUT2D eigenvalue weighted by atomic mass is 16.7. The number of aliphatic hydroxyl groups excluding tert-OH is 2. The Bertz CT molecular complexity index is 311. The highest BCUT2D eigenvalue weighted by Gasteiger charge is 2.49. The number of methoxy groups -OCH3 is 1. The van der Waals surface area contributed by atoms with E-state index >= 15 is 0 Å². The minimum absolute atomic E-state index is 0.0154. The Balaban J connectivity index is 2.24. The summed E-state index contributed by atoms with van der Waals surface area (Å²) in [6.45, 7) is -0.278. The van der Waals surface area contributed by atoms with E-state index in [2.05, 4.69) is 0 Å². The Hall–Kier alpha value is -0.910. The van der Waals surface area contributed by atoms with Gasteiger partial charge in [-0.2, -0.15) is 0 Å². The second-order valence-electron chi connectivity index (χ2n) is 4.19. The summed E-state index contributed by atoms with van der Waals surface area (Å²) in [4.78, 5) is 11.6. The number of ether oxygens (including phenoxy) is 2. The van der Waals surface area contributed by atoms with Gasteiger partial charge >= 0.3 is 5.97 Å². The second-order valence-corrected chi connectivity index (χ2v) is 4.19. The molecule has 5 heteroatoms. The van der Waals surface area contributed by atoms with E-state index in [1.54, 1.807) is 0 Å². The number of carbonyl (C=O) groups is 1. The van der Waals surface area contributed by atoms with Crippen molar-refractivity contribution >= 4 is 5.97 Å². The smallest absolute Gasteiger partial charge is 0.313 e. The molecule has 1 aliphatic carbocycles. The molecule has 1 aliphatic heterocycles. The molecule has 1 fully saturated rings. The Morgan fingerprint density at radius 3 is 2.88 bits per heavy atom. The minimum Gasteiger partial charge on any atom is -0.435 e. The molecule has 16 heavy (non-hydrogen) atoms. The third kappa shape index (κ3) is 1.65. The van der Waals surface area contributed by atoms with Crippen LogP contribution < -0.4 is 0 Å². The van der Waals surface area contributed by atoms with E-state index in [0.29, 0.717) is 6.42 Å². The first-order valence-electron chi connectivity index (χ1n) is 5.36. The predicted octanol–water partition coefficient (Wildman–Crippen LogP) is -0.321. The Kier molecular flexibility index (Phi) is 3.28. The van der Waals surface area contributed by atoms with Crippen LogP contribution >= 0.6 is 0 Å². The minimum atomic E-state index is -0.638. The molecule has 0 bridgehead atoms. The largest absolute Gasteiger partial charge is 0.435 e. The number of fused-ring (bicyclic) bond motifs is 1. The SMILES string of the molecule is CO[C@@H]1OC(=O)[C@H](CO)[C@H]2CC=C(CO)[C@@H]12. The van der Waals surface area contributed by atoms with Crippen molar-refractivity contribution < 1.29 is 24.5 Å². The highest BCUT2D eigenvalue weighted by Crippen LogP contribution is 2.43. The van der Waals surface area contributed by atoms with Crippen LogP contribution in [-0.4, -0.2) is 42.8 Å². The lowest BCUT2D eigenvalue weighted by molar-refractivity contribution is -0.211. The molecular formula is C11H16O5. The standard InChI is InChI=1S/C11H16O5/c1-15-11-9-6(4-12)2-3-7(9)8(5-13)10(14)16-11/h2,7-9,11-13H,3-5H2,1H3/t7-,8-,9-,11-/m1/s1. The number of hydrogen-bond donors (Lipinski definition) is 2. The number of aliphatic hydroxyl groups is 2. The summed E-state index contributed by atoms with van der Waals surface area (Å²) in [7, 11) is 1.47. The Morgan fingerprint density at radius 2 is 2.31 bits per heavy atom. The molecule has 0 aromatic rings. The number of allylic oxidation sites excluding steroid dienone is 1. The van der Waals surface area contributed by atoms with Crippen LogP contribution in [0.1, 0.15) is 6.42 Å². The monoisotopic (exact) mass is 228 g/mol. The van der Waals surface area contributed by atoms with Crippen molar-refractivity contribution in [3.8, 4) is 0 Å². The third-order valence-electron chi connectivity index (χ3n) is 3.50. The van der Waals surface area contributed by atoms with Crippen LogP contribution in [0.5, 0.6) is 0 Å². The zero-order valence-corrected chi connectivity index (χ0v) is 9.13. The zero-order valence-electron chi connectivity index (χ0n) is 9.13. The lowest BCUT2D eigenvalue weighted by atomic mass is 9.79. The summed E-state index contributed by atoms with van der Waals surface area (Å²) in [6.07, 6.45) is 1.95. The molecule has 0 spiro atoms. The van der Waals surface area contributed by atoms with Gasteiger partial charge in [-0.1, -0.05) is 6.08 Å². The summed E-state index contributed by atoms with van der Waals surface area (Å²) in [5.74, 6) is -1.05. The molecule has 0 amide bonds. The topological polar surface area (TPSA) is 76.0 Å². The molecule has 2 rings (SSSR count). The fraction of sp³-hybridized carbons (Fsp3) is 0.727. The second kappa shape index (κ2) is 4.53. The maximum Gasteiger partial charge on any atom is 0.313 e. The van der Waals surface area contributed by atoms with Crippen LogP contribution in [-0.2, 0) is 14.3 Å². The van der Waals surface area contributed by atoms with E-state index < -0.39 is 18.2 Å². The average Bonchev–Trinajstić information content (AvgIpc) is 2.71. The molecule has 5 nitrogen and oxygen atoms in total. The summed E-state index contributed by atoms with van der Waals surface area (Å²) in [5.41, 5.74) is 0.836. The van der Waals surface area contributed by atoms with Crippen molar-refractivity contribution in [1.29, 1.82) is 0 Å². The van der Waals surface area contributed by atoms with E-state index in [-0.39, 0.29) is 25.0 Å². The fourth-order valence-electron chi connectivity index (χ4n) is 2.66. The molecule has 90 valence electrons. The number of hydrogen-bond acceptors (Lipinski definition) is 5. The molecule has 0 radical (unpaired) electrons. The maximum absolute atomic E-state index is 11.6. The molecule has 0 saturated carbocycles. The van der Waals surface area contributed by atoms with Gasteiger partial charge in [0.2, 0.25) is 6.29 Å². The first-order valence-corrected chi connectivity index (χ1v) is 5.36. The van der Waals surface area contributed by atoms with Crippen molar-refractivity contribution in [1.82, 2.24) is 0 Å². The van der Waals surface area contributed by atoms with Crippen molar-refractivity contribution in [2.45, 2.75) is 12.7 Å². The van der Waals surface area contributed by atoms with Crippen LogP contribution in [0, 0.1) is 17.8 Å². The number of rotatable bonds is 3. The number of cyclic esters (lactones) is 1. The Morgan fingerprint density at radius 1 is 1.56 bits per heavy atom. The summed E-state index contributed by atoms with van der Waals surface area (Å²) in [6, 6.07) is 0. The van der Waals surface area contributed by atoms with E-state index in [1.165, 1.54) is 7.11 Å². The lowest BCUT2D eigenvalue weighted by Gasteiger charge is -2.37. The summed E-state index contributed by atoms with van der Waals surface area (Å²) < 4.78 is 10.2. The molecule has 0 unspecified atom stereocenters. The van der Waals surface area contributed by atoms with Crippen molar-refractivity contribution in [2.24, 2.45) is 17.8 Å². The first-order chi connectivity index (χ1) is 7.72. The molecule has 0 aromatic carbocycles. The molecule has 1 heterocycles. The number of esters is 1. The third-order valence-corrected chi connectivity index (χ3v) is 3.50. The van der Waals surface area contributed by atoms with Gasteiger partial charge in [-0.3, -0.25) is 4.79 Å². The average molecular weight is 228 g/mol. The van der Waals surface area contributed by atoms with Gasteiger partial charge < -0.3 is 19.7 Å². The van der Waals surface area contributed by atoms with Crippen molar-refractivity contribution in [3.63, 3.8) is 0 Å². The van der Waals surface area contributed by atoms with Gasteiger partial charge in [-0.05, 0) is 17.9 Å². The van der Waals surface area contributed by atoms with Crippen LogP contribution in [0.2, 0.25) is 0 Å². The molecular weight excluding hydrogens is 212 g/mol. The van der Waals surface area contributed by atoms with Crippen LogP contribution in [0.15, 0.2) is 11.6 Å². The quantitative estimate of drug-likeness (QED) is 0.511. The fourth-order valence-corrected chi connectivity index (χ4v) is 2.66. The van der Waals surface area contributed by atoms with Crippen LogP contribution in [0.3, 0.4) is 0 Å². The van der Waals surface area contributed by atoms with Gasteiger partial charge in [0.15, 0.2) is 0 Å². The van der Waals surface area contributed by atoms with E-state index in [1.807, 2.05) is 6.08 Å². The Labute approximate surface area is 93.7 Å². The predicted molar refractivity (Wildman–Crippen MR) is 54.2 cm³/mol. The van der Waals surface area contributed by atoms with E-state index in [4.69, 9.17) is 9.47 Å². The molecule has 0 aromatic heterocycles. The zero-order chi connectivity index (χ0) is 11.7. The van der Waals surface area contributed by atoms with Gasteiger partial charge in [-0.15, -0.1) is 0 Å². The number of carbonyl (C=O) groups excluding carboxylic acids is 1.